The fourth-order valence-corrected chi connectivity index (χ4v) is 1.92. The van der Waals surface area contributed by atoms with Gasteiger partial charge in [-0.2, -0.15) is 5.10 Å². The van der Waals surface area contributed by atoms with Gasteiger partial charge in [0.2, 0.25) is 0 Å². The van der Waals surface area contributed by atoms with E-state index in [9.17, 15) is 0 Å². The van der Waals surface area contributed by atoms with Crippen LogP contribution in [0.15, 0.2) is 6.07 Å². The van der Waals surface area contributed by atoms with Gasteiger partial charge in [-0.05, 0) is 52.3 Å². The highest BCUT2D eigenvalue weighted by Gasteiger charge is 2.06. The number of nitrogens with zero attached hydrogens (tertiary/aromatic N) is 2. The second-order valence-electron chi connectivity index (χ2n) is 4.29. The van der Waals surface area contributed by atoms with Crippen LogP contribution in [0, 0.1) is 12.8 Å². The minimum Gasteiger partial charge on any atom is -0.319 e. The summed E-state index contributed by atoms with van der Waals surface area (Å²) in [6.07, 6.45) is 2.36. The molecule has 0 aliphatic carbocycles. The molecule has 0 aliphatic rings. The molecule has 1 heterocycles. The number of aryl methyl sites for hydroxylation is 3. The molecule has 0 saturated carbocycles. The molecule has 0 spiro atoms. The van der Waals surface area contributed by atoms with E-state index in [-0.39, 0.29) is 0 Å². The topological polar surface area (TPSA) is 29.9 Å². The molecule has 1 unspecified atom stereocenters. The maximum Gasteiger partial charge on any atom is 0.0596 e. The Bertz CT molecular complexity index is 291. The summed E-state index contributed by atoms with van der Waals surface area (Å²) in [5.41, 5.74) is 2.51. The second-order valence-corrected chi connectivity index (χ2v) is 4.29. The maximum atomic E-state index is 4.45. The molecule has 0 amide bonds. The van der Waals surface area contributed by atoms with Crippen molar-refractivity contribution in [3.05, 3.63) is 17.5 Å². The Balaban J connectivity index is 2.49. The summed E-state index contributed by atoms with van der Waals surface area (Å²) in [5.74, 6) is 0.732. The number of hydrogen-bond acceptors (Lipinski definition) is 2. The Morgan fingerprint density at radius 3 is 2.87 bits per heavy atom. The highest BCUT2D eigenvalue weighted by atomic mass is 15.3. The molecule has 86 valence electrons. The Kier molecular flexibility index (Phi) is 4.82. The third-order valence-electron chi connectivity index (χ3n) is 2.73. The van der Waals surface area contributed by atoms with Crippen molar-refractivity contribution in [1.82, 2.24) is 15.1 Å². The fraction of sp³-hybridized carbons (Fsp3) is 0.750. The minimum absolute atomic E-state index is 0.732. The standard InChI is InChI=1S/C12H23N3/c1-5-15-12(8-11(3)14-15)7-6-10(2)9-13-4/h8,10,13H,5-7,9H2,1-4H3. The van der Waals surface area contributed by atoms with Crippen LogP contribution in [-0.4, -0.2) is 23.4 Å². The van der Waals surface area contributed by atoms with E-state index in [1.807, 2.05) is 7.05 Å². The van der Waals surface area contributed by atoms with E-state index in [4.69, 9.17) is 0 Å². The Morgan fingerprint density at radius 1 is 1.53 bits per heavy atom. The average Bonchev–Trinajstić information content (AvgIpc) is 2.56. The van der Waals surface area contributed by atoms with Gasteiger partial charge in [0.1, 0.15) is 0 Å². The molecule has 0 fully saturated rings. The van der Waals surface area contributed by atoms with Gasteiger partial charge in [-0.1, -0.05) is 6.92 Å². The summed E-state index contributed by atoms with van der Waals surface area (Å²) in [6, 6.07) is 2.20. The summed E-state index contributed by atoms with van der Waals surface area (Å²) in [5, 5.41) is 7.67. The summed E-state index contributed by atoms with van der Waals surface area (Å²) < 4.78 is 2.11. The molecule has 1 aromatic heterocycles. The first-order chi connectivity index (χ1) is 7.17. The van der Waals surface area contributed by atoms with Gasteiger partial charge in [0.25, 0.3) is 0 Å². The van der Waals surface area contributed by atoms with Crippen LogP contribution in [0.5, 0.6) is 0 Å². The lowest BCUT2D eigenvalue weighted by molar-refractivity contribution is 0.490. The summed E-state index contributed by atoms with van der Waals surface area (Å²) in [7, 11) is 2.01. The van der Waals surface area contributed by atoms with Crippen molar-refractivity contribution in [2.24, 2.45) is 5.92 Å². The number of rotatable bonds is 6. The third-order valence-corrected chi connectivity index (χ3v) is 2.73. The monoisotopic (exact) mass is 209 g/mol. The van der Waals surface area contributed by atoms with Crippen molar-refractivity contribution in [3.8, 4) is 0 Å². The molecule has 1 N–H and O–H groups in total. The predicted octanol–water partition coefficient (Wildman–Crippen LogP) is 2.00. The van der Waals surface area contributed by atoms with Crippen LogP contribution >= 0.6 is 0 Å². The van der Waals surface area contributed by atoms with Crippen molar-refractivity contribution in [3.63, 3.8) is 0 Å². The Labute approximate surface area is 92.9 Å². The van der Waals surface area contributed by atoms with E-state index in [2.05, 4.69) is 41.9 Å². The van der Waals surface area contributed by atoms with Gasteiger partial charge in [0.15, 0.2) is 0 Å². The van der Waals surface area contributed by atoms with Crippen molar-refractivity contribution < 1.29 is 0 Å². The smallest absolute Gasteiger partial charge is 0.0596 e. The lowest BCUT2D eigenvalue weighted by atomic mass is 10.0. The largest absolute Gasteiger partial charge is 0.319 e. The first-order valence-corrected chi connectivity index (χ1v) is 5.85. The van der Waals surface area contributed by atoms with Gasteiger partial charge in [-0.15, -0.1) is 0 Å². The van der Waals surface area contributed by atoms with Crippen LogP contribution in [0.3, 0.4) is 0 Å². The van der Waals surface area contributed by atoms with Crippen molar-refractivity contribution in [2.75, 3.05) is 13.6 Å². The van der Waals surface area contributed by atoms with Crippen molar-refractivity contribution in [1.29, 1.82) is 0 Å². The molecule has 3 nitrogen and oxygen atoms in total. The van der Waals surface area contributed by atoms with E-state index in [0.717, 1.165) is 31.1 Å². The van der Waals surface area contributed by atoms with E-state index >= 15 is 0 Å². The van der Waals surface area contributed by atoms with Crippen molar-refractivity contribution >= 4 is 0 Å². The molecule has 3 heteroatoms. The lowest BCUT2D eigenvalue weighted by Gasteiger charge is -2.10. The molecule has 0 bridgehead atoms. The van der Waals surface area contributed by atoms with E-state index in [1.54, 1.807) is 0 Å². The Hall–Kier alpha value is -0.830. The zero-order chi connectivity index (χ0) is 11.3. The van der Waals surface area contributed by atoms with Gasteiger partial charge >= 0.3 is 0 Å². The first-order valence-electron chi connectivity index (χ1n) is 5.85. The van der Waals surface area contributed by atoms with E-state index in [1.165, 1.54) is 12.1 Å². The third kappa shape index (κ3) is 3.67. The zero-order valence-corrected chi connectivity index (χ0v) is 10.4. The molecule has 15 heavy (non-hydrogen) atoms. The SMILES string of the molecule is CCn1nc(C)cc1CCC(C)CNC. The highest BCUT2D eigenvalue weighted by Crippen LogP contribution is 2.10. The summed E-state index contributed by atoms with van der Waals surface area (Å²) in [6.45, 7) is 8.57. The molecular formula is C12H23N3. The first kappa shape index (κ1) is 12.2. The molecule has 1 aromatic rings. The maximum absolute atomic E-state index is 4.45. The molecular weight excluding hydrogens is 186 g/mol. The molecule has 0 radical (unpaired) electrons. The van der Waals surface area contributed by atoms with Gasteiger partial charge in [0.05, 0.1) is 5.69 Å². The quantitative estimate of drug-likeness (QED) is 0.776. The van der Waals surface area contributed by atoms with Crippen LogP contribution in [0.1, 0.15) is 31.7 Å². The lowest BCUT2D eigenvalue weighted by Crippen LogP contribution is -2.17. The van der Waals surface area contributed by atoms with Crippen LogP contribution < -0.4 is 5.32 Å². The summed E-state index contributed by atoms with van der Waals surface area (Å²) >= 11 is 0. The molecule has 1 atom stereocenters. The van der Waals surface area contributed by atoms with Gasteiger partial charge in [-0.3, -0.25) is 4.68 Å². The summed E-state index contributed by atoms with van der Waals surface area (Å²) in [4.78, 5) is 0. The van der Waals surface area contributed by atoms with Crippen LogP contribution in [0.2, 0.25) is 0 Å². The predicted molar refractivity (Wildman–Crippen MR) is 64.0 cm³/mol. The number of aromatic nitrogens is 2. The van der Waals surface area contributed by atoms with Crippen LogP contribution in [0.4, 0.5) is 0 Å². The van der Waals surface area contributed by atoms with Crippen LogP contribution in [-0.2, 0) is 13.0 Å². The van der Waals surface area contributed by atoms with Crippen molar-refractivity contribution in [2.45, 2.75) is 40.2 Å². The van der Waals surface area contributed by atoms with E-state index in [0.29, 0.717) is 0 Å². The molecule has 0 aliphatic heterocycles. The van der Waals surface area contributed by atoms with E-state index < -0.39 is 0 Å². The minimum atomic E-state index is 0.732. The van der Waals surface area contributed by atoms with Gasteiger partial charge in [-0.25, -0.2) is 0 Å². The average molecular weight is 209 g/mol. The number of nitrogens with one attached hydrogen (secondary N) is 1. The normalized spacial score (nSPS) is 13.1. The van der Waals surface area contributed by atoms with Gasteiger partial charge < -0.3 is 5.32 Å². The highest BCUT2D eigenvalue weighted by molar-refractivity contribution is 5.09. The zero-order valence-electron chi connectivity index (χ0n) is 10.4. The second kappa shape index (κ2) is 5.91. The van der Waals surface area contributed by atoms with Crippen LogP contribution in [0.25, 0.3) is 0 Å². The fourth-order valence-electron chi connectivity index (χ4n) is 1.92. The van der Waals surface area contributed by atoms with Gasteiger partial charge in [0, 0.05) is 12.2 Å². The Morgan fingerprint density at radius 2 is 2.27 bits per heavy atom. The number of hydrogen-bond donors (Lipinski definition) is 1. The molecule has 1 rings (SSSR count). The molecule has 0 aromatic carbocycles. The molecule has 0 saturated heterocycles.